The molecule has 0 saturated heterocycles. The Bertz CT molecular complexity index is 8550. The smallest absolute Gasteiger partial charge is 0.438 e. The van der Waals surface area contributed by atoms with Crippen molar-refractivity contribution < 1.29 is 18.1 Å². The fourth-order valence-corrected chi connectivity index (χ4v) is 23.8. The van der Waals surface area contributed by atoms with E-state index in [9.17, 15) is 0 Å². The lowest BCUT2D eigenvalue weighted by Gasteiger charge is -2.27. The van der Waals surface area contributed by atoms with Gasteiger partial charge in [-0.2, -0.15) is 0 Å². The van der Waals surface area contributed by atoms with Gasteiger partial charge in [0.1, 0.15) is 0 Å². The number of fused-ring (bicyclic) bond motifs is 22. The van der Waals surface area contributed by atoms with Crippen molar-refractivity contribution in [3.05, 3.63) is 430 Å². The van der Waals surface area contributed by atoms with E-state index in [1.54, 1.807) is 0 Å². The number of para-hydroxylation sites is 5. The van der Waals surface area contributed by atoms with E-state index in [1.165, 1.54) is 136 Å². The van der Waals surface area contributed by atoms with E-state index in [0.717, 1.165) is 83.8 Å². The Balaban J connectivity index is 0.000000112. The van der Waals surface area contributed by atoms with E-state index in [0.29, 0.717) is 5.02 Å². The zero-order valence-electron chi connectivity index (χ0n) is 74.0. The molecule has 26 rings (SSSR count). The number of halogens is 2. The first kappa shape index (κ1) is 87.8. The van der Waals surface area contributed by atoms with Gasteiger partial charge in [-0.1, -0.05) is 357 Å². The molecule has 135 heavy (non-hydrogen) atoms. The average molecular weight is 1950 g/mol. The molecule has 0 aliphatic carbocycles. The van der Waals surface area contributed by atoms with E-state index in [2.05, 4.69) is 399 Å². The molecule has 0 saturated carbocycles. The monoisotopic (exact) mass is 1950 g/mol. The molecule has 0 aliphatic heterocycles. The average Bonchev–Trinajstić information content (AvgIpc) is 1.56. The second-order valence-electron chi connectivity index (χ2n) is 33.5. The summed E-state index contributed by atoms with van der Waals surface area (Å²) in [5.41, 5.74) is 25.3. The molecule has 656 valence electrons. The Morgan fingerprint density at radius 3 is 0.956 bits per heavy atom. The number of nitrogens with zero attached hydrogens (tertiary/aromatic N) is 4. The maximum Gasteiger partial charge on any atom is 0.494 e. The van der Waals surface area contributed by atoms with Crippen molar-refractivity contribution in [1.29, 1.82) is 0 Å². The highest BCUT2D eigenvalue weighted by molar-refractivity contribution is 14.1. The first-order valence-corrected chi connectivity index (χ1v) is 50.7. The number of thiophene rings is 4. The van der Waals surface area contributed by atoms with Crippen LogP contribution in [-0.4, -0.2) is 33.1 Å². The van der Waals surface area contributed by atoms with Crippen LogP contribution in [0, 0.1) is 0 Å². The number of hydrogen-bond donors (Lipinski definition) is 0. The summed E-state index contributed by atoms with van der Waals surface area (Å²) < 4.78 is 39.4. The van der Waals surface area contributed by atoms with Crippen LogP contribution in [0.5, 0.6) is 0 Å². The van der Waals surface area contributed by atoms with Crippen molar-refractivity contribution in [3.63, 3.8) is 0 Å². The van der Waals surface area contributed by atoms with Gasteiger partial charge in [-0.15, -0.1) is 45.3 Å². The molecular weight excluding hydrogens is 1860 g/mol. The molecule has 8 heterocycles. The van der Waals surface area contributed by atoms with Gasteiger partial charge in [-0.05, 0) is 181 Å². The number of alkyl halides is 1. The molecule has 26 aromatic rings. The van der Waals surface area contributed by atoms with Gasteiger partial charge in [-0.25, -0.2) is 0 Å². The summed E-state index contributed by atoms with van der Waals surface area (Å²) >= 11 is 16.0. The first-order valence-electron chi connectivity index (χ1n) is 44.9. The fraction of sp³-hybridized carbons (Fsp3) is 0.0667. The van der Waals surface area contributed by atoms with Crippen LogP contribution in [0.1, 0.15) is 35.1 Å². The summed E-state index contributed by atoms with van der Waals surface area (Å²) in [6, 6.07) is 151. The lowest BCUT2D eigenvalue weighted by molar-refractivity contribution is 0.139. The molecule has 0 fully saturated rings. The van der Waals surface area contributed by atoms with Crippen LogP contribution < -0.4 is 15.3 Å². The van der Waals surface area contributed by atoms with Crippen LogP contribution >= 0.6 is 79.5 Å². The predicted molar refractivity (Wildman–Crippen MR) is 594 cm³/mol. The number of aromatic nitrogens is 2. The molecule has 8 aromatic heterocycles. The highest BCUT2D eigenvalue weighted by atomic mass is 127. The van der Waals surface area contributed by atoms with E-state index >= 15 is 0 Å². The van der Waals surface area contributed by atoms with Crippen LogP contribution in [0.2, 0.25) is 5.02 Å². The Morgan fingerprint density at radius 1 is 0.281 bits per heavy atom. The zero-order valence-corrected chi connectivity index (χ0v) is 80.1. The molecular formula is C120H91BClIN4O4S4. The Hall–Kier alpha value is -13.9. The number of hydrogen-bond acceptors (Lipinski definition) is 10. The van der Waals surface area contributed by atoms with Crippen molar-refractivity contribution in [2.45, 2.75) is 47.3 Å². The van der Waals surface area contributed by atoms with Gasteiger partial charge >= 0.3 is 7.12 Å². The Kier molecular flexibility index (Phi) is 24.9. The summed E-state index contributed by atoms with van der Waals surface area (Å²) in [5.74, 6) is 0. The van der Waals surface area contributed by atoms with Crippen molar-refractivity contribution in [2.75, 3.05) is 14.7 Å². The predicted octanol–water partition coefficient (Wildman–Crippen LogP) is 37.0. The Morgan fingerprint density at radius 2 is 0.570 bits per heavy atom. The summed E-state index contributed by atoms with van der Waals surface area (Å²) in [4.78, 5) is 6.89. The number of oxazole rings is 2. The second-order valence-corrected chi connectivity index (χ2v) is 38.1. The minimum atomic E-state index is -0.386. The second kappa shape index (κ2) is 38.2. The summed E-state index contributed by atoms with van der Waals surface area (Å²) in [7, 11) is -0.386. The zero-order chi connectivity index (χ0) is 90.4. The lowest BCUT2D eigenvalue weighted by Crippen LogP contribution is -2.40. The molecule has 0 atom stereocenters. The normalized spacial score (nSPS) is 11.5. The largest absolute Gasteiger partial charge is 0.494 e. The minimum Gasteiger partial charge on any atom is -0.438 e. The maximum absolute atomic E-state index is 6.33. The SMILES string of the molecule is C.CC(C)OB(OC(C)C)c1ccc(-c2ccc(N(c3cccc4c3sc3ccccc34)c3cccc4c3sc3ccccc34)cc2)cc1.CI.Clc1cccc2c1oc1c(-c3ccccc3)c3ccccc3n12.c1ccc(-c2c3ccccc3n3c2oc2ccccc23)cc1.c1ccc(-c2ccc(N(c3cccc4c3sc3ccccc34)c3cccc4c3sc3ccccc34)cc2)cc1. The molecule has 18 aromatic carbocycles. The van der Waals surface area contributed by atoms with E-state index in [4.69, 9.17) is 29.7 Å². The van der Waals surface area contributed by atoms with Gasteiger partial charge in [0.05, 0.1) is 79.8 Å². The first-order chi connectivity index (χ1) is 66.1. The minimum absolute atomic E-state index is 0. The van der Waals surface area contributed by atoms with Gasteiger partial charge in [0.2, 0.25) is 11.4 Å². The van der Waals surface area contributed by atoms with Crippen molar-refractivity contribution in [3.8, 4) is 44.5 Å². The molecule has 0 aliphatic rings. The third-order valence-corrected chi connectivity index (χ3v) is 29.8. The van der Waals surface area contributed by atoms with E-state index in [-0.39, 0.29) is 26.8 Å². The van der Waals surface area contributed by atoms with Crippen LogP contribution in [0.4, 0.5) is 34.1 Å². The standard InChI is InChI=1S/C42H36BNO2S2.C36H23NS2.C20H12ClNO.C20H13NO.CH3I.CH4/c1-27(2)45-43(46-28(3)4)31-23-19-29(20-24-31)30-21-25-32(26-22-30)44(37-15-9-13-35-33-11-5-7-17-39(33)47-41(35)37)38-16-10-14-36-34-12-6-8-18-40(34)48-42(36)38;1-2-10-24(11-3-1)25-20-22-26(23-21-25)37(31-16-8-14-29-27-12-4-6-18-33(27)38-35(29)31)32-17-9-15-30-28-13-5-7-19-34(28)39-36(30)32;21-15-10-6-12-17-19(15)23-20-18(13-7-2-1-3-8-13)14-9-4-5-11-16(14)22(17)20;1-2-8-14(9-3-1)19-15-10-4-5-11-16(15)21-17-12-6-7-13-18(17)22-20(19)21;1-2;/h5-28H,1-4H3;1-23H;1-12H;1-13H;1H3;1H4. The Labute approximate surface area is 818 Å². The van der Waals surface area contributed by atoms with Crippen molar-refractivity contribution >= 4 is 262 Å². The molecule has 0 bridgehead atoms. The van der Waals surface area contributed by atoms with Gasteiger partial charge in [-0.3, -0.25) is 8.80 Å². The van der Waals surface area contributed by atoms with Crippen LogP contribution in [0.25, 0.3) is 181 Å². The molecule has 15 heteroatoms. The highest BCUT2D eigenvalue weighted by Gasteiger charge is 2.29. The molecule has 0 N–H and O–H groups in total. The molecule has 0 unspecified atom stereocenters. The van der Waals surface area contributed by atoms with Crippen LogP contribution in [0.15, 0.2) is 433 Å². The van der Waals surface area contributed by atoms with Gasteiger partial charge in [0, 0.05) is 96.2 Å². The fourth-order valence-electron chi connectivity index (χ4n) is 18.8. The quantitative estimate of drug-likeness (QED) is 0.0579. The van der Waals surface area contributed by atoms with E-state index in [1.807, 2.05) is 145 Å². The lowest BCUT2D eigenvalue weighted by atomic mass is 9.77. The summed E-state index contributed by atoms with van der Waals surface area (Å²) in [5, 5.41) is 13.5. The molecule has 0 amide bonds. The van der Waals surface area contributed by atoms with Crippen molar-refractivity contribution in [1.82, 2.24) is 8.80 Å². The van der Waals surface area contributed by atoms with E-state index < -0.39 is 0 Å². The van der Waals surface area contributed by atoms with Crippen LogP contribution in [-0.2, 0) is 9.31 Å². The maximum atomic E-state index is 6.33. The third kappa shape index (κ3) is 16.5. The number of anilines is 6. The van der Waals surface area contributed by atoms with Crippen LogP contribution in [0.3, 0.4) is 0 Å². The number of benzene rings is 18. The highest BCUT2D eigenvalue weighted by Crippen LogP contribution is 2.53. The van der Waals surface area contributed by atoms with Crippen molar-refractivity contribution in [2.24, 2.45) is 0 Å². The van der Waals surface area contributed by atoms with Gasteiger partial charge < -0.3 is 27.9 Å². The molecule has 8 nitrogen and oxygen atoms in total. The van der Waals surface area contributed by atoms with Gasteiger partial charge in [0.15, 0.2) is 11.2 Å². The molecule has 0 radical (unpaired) electrons. The topological polar surface area (TPSA) is 60.0 Å². The number of rotatable bonds is 15. The summed E-state index contributed by atoms with van der Waals surface area (Å²) in [6.07, 6.45) is 0.140. The third-order valence-electron chi connectivity index (χ3n) is 24.6. The molecule has 0 spiro atoms. The summed E-state index contributed by atoms with van der Waals surface area (Å²) in [6.45, 7) is 8.16. The van der Waals surface area contributed by atoms with Gasteiger partial charge in [0.25, 0.3) is 0 Å².